The minimum absolute atomic E-state index is 0.0816. The van der Waals surface area contributed by atoms with Crippen molar-refractivity contribution in [1.29, 1.82) is 0 Å². The van der Waals surface area contributed by atoms with Crippen LogP contribution in [0.15, 0.2) is 36.4 Å². The Hall–Kier alpha value is -2.07. The van der Waals surface area contributed by atoms with Crippen molar-refractivity contribution >= 4 is 36.4 Å². The number of para-hydroxylation sites is 1. The van der Waals surface area contributed by atoms with Gasteiger partial charge in [0.15, 0.2) is 6.29 Å². The molecule has 0 aliphatic heterocycles. The number of hydrogen-bond donors (Lipinski definition) is 0. The van der Waals surface area contributed by atoms with Crippen LogP contribution in [0, 0.1) is 0 Å². The molecule has 0 saturated heterocycles. The molecule has 0 amide bonds. The highest BCUT2D eigenvalue weighted by Gasteiger charge is 2.39. The van der Waals surface area contributed by atoms with Gasteiger partial charge in [0.2, 0.25) is 0 Å². The van der Waals surface area contributed by atoms with Gasteiger partial charge in [-0.25, -0.2) is 0 Å². The zero-order valence-corrected chi connectivity index (χ0v) is 17.7. The molecule has 3 aromatic rings. The van der Waals surface area contributed by atoms with Gasteiger partial charge < -0.3 is 8.99 Å². The van der Waals surface area contributed by atoms with Crippen LogP contribution in [0.4, 0.5) is 0 Å². The Morgan fingerprint density at radius 1 is 1.08 bits per heavy atom. The quantitative estimate of drug-likeness (QED) is 0.386. The maximum Gasteiger partial charge on any atom is 0.250 e. The van der Waals surface area contributed by atoms with Gasteiger partial charge >= 0.3 is 0 Å². The summed E-state index contributed by atoms with van der Waals surface area (Å²) in [6.45, 7) is 14.2. The number of aldehydes is 1. The lowest BCUT2D eigenvalue weighted by molar-refractivity contribution is 0.112. The first-order chi connectivity index (χ1) is 12.2. The lowest BCUT2D eigenvalue weighted by Crippen LogP contribution is -2.44. The number of aromatic nitrogens is 1. The largest absolute Gasteiger partial charge is 0.543 e. The van der Waals surface area contributed by atoms with Crippen LogP contribution < -0.4 is 4.43 Å². The standard InChI is InChI=1S/C22H29NO2Si/c1-7-12-23-19-11-9-8-10-17(19)18-13-16(15-24)21(14-20(18)23)25-26(5,6)22(2,3)4/h8-11,13-15H,7,12H2,1-6H3. The molecule has 0 unspecified atom stereocenters. The van der Waals surface area contributed by atoms with E-state index in [1.165, 1.54) is 10.9 Å². The molecular weight excluding hydrogens is 338 g/mol. The van der Waals surface area contributed by atoms with Gasteiger partial charge in [0.25, 0.3) is 8.32 Å². The number of rotatable bonds is 5. The molecule has 0 aliphatic rings. The van der Waals surface area contributed by atoms with Crippen LogP contribution in [0.5, 0.6) is 5.75 Å². The highest BCUT2D eigenvalue weighted by molar-refractivity contribution is 6.74. The third-order valence-corrected chi connectivity index (χ3v) is 9.99. The molecule has 1 heterocycles. The van der Waals surface area contributed by atoms with Crippen molar-refractivity contribution < 1.29 is 9.22 Å². The van der Waals surface area contributed by atoms with Crippen molar-refractivity contribution in [1.82, 2.24) is 4.57 Å². The maximum atomic E-state index is 11.8. The average molecular weight is 368 g/mol. The number of fused-ring (bicyclic) bond motifs is 3. The molecule has 26 heavy (non-hydrogen) atoms. The molecule has 2 aromatic carbocycles. The number of nitrogens with zero attached hydrogens (tertiary/aromatic N) is 1. The number of benzene rings is 2. The van der Waals surface area contributed by atoms with Crippen LogP contribution in [-0.2, 0) is 6.54 Å². The van der Waals surface area contributed by atoms with Gasteiger partial charge in [0.1, 0.15) is 5.75 Å². The minimum atomic E-state index is -2.02. The van der Waals surface area contributed by atoms with Crippen LogP contribution in [0.3, 0.4) is 0 Å². The summed E-state index contributed by atoms with van der Waals surface area (Å²) in [5.74, 6) is 0.722. The van der Waals surface area contributed by atoms with Gasteiger partial charge in [-0.2, -0.15) is 0 Å². The molecule has 0 saturated carbocycles. The zero-order valence-electron chi connectivity index (χ0n) is 16.7. The van der Waals surface area contributed by atoms with Crippen molar-refractivity contribution in [2.24, 2.45) is 0 Å². The van der Waals surface area contributed by atoms with Gasteiger partial charge in [0, 0.05) is 28.9 Å². The highest BCUT2D eigenvalue weighted by Crippen LogP contribution is 2.40. The van der Waals surface area contributed by atoms with Crippen molar-refractivity contribution in [3.05, 3.63) is 42.0 Å². The Morgan fingerprint density at radius 3 is 2.38 bits per heavy atom. The summed E-state index contributed by atoms with van der Waals surface area (Å²) in [7, 11) is -2.02. The molecule has 0 radical (unpaired) electrons. The molecule has 3 nitrogen and oxygen atoms in total. The summed E-state index contributed by atoms with van der Waals surface area (Å²) in [5, 5.41) is 2.40. The van der Waals surface area contributed by atoms with E-state index in [9.17, 15) is 4.79 Å². The molecule has 0 fully saturated rings. The van der Waals surface area contributed by atoms with Gasteiger partial charge in [-0.3, -0.25) is 4.79 Å². The van der Waals surface area contributed by atoms with Gasteiger partial charge in [0.05, 0.1) is 11.1 Å². The average Bonchev–Trinajstić information content (AvgIpc) is 2.87. The van der Waals surface area contributed by atoms with Crippen molar-refractivity contribution in [2.75, 3.05) is 0 Å². The number of carbonyl (C=O) groups excluding carboxylic acids is 1. The Labute approximate surface area is 157 Å². The summed E-state index contributed by atoms with van der Waals surface area (Å²) in [5.41, 5.74) is 3.00. The van der Waals surface area contributed by atoms with Gasteiger partial charge in [-0.15, -0.1) is 0 Å². The second-order valence-corrected chi connectivity index (χ2v) is 13.3. The van der Waals surface area contributed by atoms with Gasteiger partial charge in [-0.1, -0.05) is 45.9 Å². The molecule has 0 aliphatic carbocycles. The number of hydrogen-bond acceptors (Lipinski definition) is 2. The van der Waals surface area contributed by atoms with E-state index in [1.807, 2.05) is 6.07 Å². The lowest BCUT2D eigenvalue weighted by atomic mass is 10.1. The van der Waals surface area contributed by atoms with Crippen molar-refractivity contribution in [3.8, 4) is 5.75 Å². The van der Waals surface area contributed by atoms with E-state index in [4.69, 9.17) is 4.43 Å². The van der Waals surface area contributed by atoms with E-state index in [0.717, 1.165) is 35.9 Å². The van der Waals surface area contributed by atoms with E-state index < -0.39 is 8.32 Å². The lowest BCUT2D eigenvalue weighted by Gasteiger charge is -2.36. The summed E-state index contributed by atoms with van der Waals surface area (Å²) in [4.78, 5) is 11.8. The summed E-state index contributed by atoms with van der Waals surface area (Å²) < 4.78 is 8.86. The summed E-state index contributed by atoms with van der Waals surface area (Å²) in [6.07, 6.45) is 1.98. The first-order valence-corrected chi connectivity index (χ1v) is 12.3. The van der Waals surface area contributed by atoms with E-state index in [-0.39, 0.29) is 5.04 Å². The van der Waals surface area contributed by atoms with Crippen molar-refractivity contribution in [3.63, 3.8) is 0 Å². The van der Waals surface area contributed by atoms with E-state index in [2.05, 4.69) is 75.7 Å². The van der Waals surface area contributed by atoms with Crippen LogP contribution in [0.1, 0.15) is 44.5 Å². The normalized spacial score (nSPS) is 12.7. The molecule has 4 heteroatoms. The molecule has 138 valence electrons. The maximum absolute atomic E-state index is 11.8. The summed E-state index contributed by atoms with van der Waals surface area (Å²) in [6, 6.07) is 12.5. The first kappa shape index (κ1) is 18.7. The van der Waals surface area contributed by atoms with E-state index in [1.54, 1.807) is 0 Å². The molecule has 0 bridgehead atoms. The molecule has 0 atom stereocenters. The van der Waals surface area contributed by atoms with Crippen LogP contribution in [-0.4, -0.2) is 19.2 Å². The zero-order chi connectivity index (χ0) is 19.1. The van der Waals surface area contributed by atoms with Crippen LogP contribution >= 0.6 is 0 Å². The SMILES string of the molecule is CCCn1c2ccccc2c2cc(C=O)c(O[Si](C)(C)C(C)(C)C)cc21. The fourth-order valence-electron chi connectivity index (χ4n) is 3.16. The predicted molar refractivity (Wildman–Crippen MR) is 113 cm³/mol. The third-order valence-electron chi connectivity index (χ3n) is 5.65. The second kappa shape index (κ2) is 6.58. The first-order valence-electron chi connectivity index (χ1n) is 9.39. The predicted octanol–water partition coefficient (Wildman–Crippen LogP) is 6.40. The fourth-order valence-corrected chi connectivity index (χ4v) is 4.20. The summed E-state index contributed by atoms with van der Waals surface area (Å²) >= 11 is 0. The van der Waals surface area contributed by atoms with E-state index in [0.29, 0.717) is 5.56 Å². The molecule has 3 rings (SSSR count). The smallest absolute Gasteiger partial charge is 0.250 e. The molecular formula is C22H29NO2Si. The molecule has 1 aromatic heterocycles. The van der Waals surface area contributed by atoms with Gasteiger partial charge in [-0.05, 0) is 36.7 Å². The number of carbonyl (C=O) groups is 1. The van der Waals surface area contributed by atoms with Crippen LogP contribution in [0.2, 0.25) is 18.1 Å². The highest BCUT2D eigenvalue weighted by atomic mass is 28.4. The Kier molecular flexibility index (Phi) is 4.74. The number of aryl methyl sites for hydroxylation is 1. The van der Waals surface area contributed by atoms with Crippen molar-refractivity contribution in [2.45, 2.75) is 58.8 Å². The van der Waals surface area contributed by atoms with Crippen LogP contribution in [0.25, 0.3) is 21.8 Å². The Morgan fingerprint density at radius 2 is 1.77 bits per heavy atom. The molecule has 0 N–H and O–H groups in total. The second-order valence-electron chi connectivity index (χ2n) is 8.56. The Bertz CT molecular complexity index is 964. The van der Waals surface area contributed by atoms with E-state index >= 15 is 0 Å². The Balaban J connectivity index is 2.27. The monoisotopic (exact) mass is 367 g/mol. The fraction of sp³-hybridized carbons (Fsp3) is 0.409. The third kappa shape index (κ3) is 3.07. The topological polar surface area (TPSA) is 31.2 Å². The molecule has 0 spiro atoms. The minimum Gasteiger partial charge on any atom is -0.543 e.